The Morgan fingerprint density at radius 3 is 2.35 bits per heavy atom. The molecule has 2 aromatic rings. The Balaban J connectivity index is 2.00. The minimum atomic E-state index is 0.465. The second-order valence-corrected chi connectivity index (χ2v) is 6.30. The molecule has 106 valence electrons. The molecular formula is C17H20BrNS. The minimum Gasteiger partial charge on any atom is -0.301 e. The quantitative estimate of drug-likeness (QED) is 0.746. The van der Waals surface area contributed by atoms with Crippen molar-refractivity contribution in [2.45, 2.75) is 12.5 Å². The van der Waals surface area contributed by atoms with E-state index in [0.29, 0.717) is 5.92 Å². The predicted octanol–water partition coefficient (Wildman–Crippen LogP) is 4.59. The van der Waals surface area contributed by atoms with Crippen LogP contribution in [-0.4, -0.2) is 24.2 Å². The lowest BCUT2D eigenvalue weighted by atomic mass is 10.0. The number of thiol groups is 1. The first-order chi connectivity index (χ1) is 9.70. The topological polar surface area (TPSA) is 3.24 Å². The van der Waals surface area contributed by atoms with Crippen molar-refractivity contribution in [3.63, 3.8) is 0 Å². The molecule has 0 N–H and O–H groups in total. The van der Waals surface area contributed by atoms with Gasteiger partial charge < -0.3 is 4.90 Å². The van der Waals surface area contributed by atoms with Crippen molar-refractivity contribution in [2.75, 3.05) is 19.3 Å². The molecule has 3 heteroatoms. The predicted molar refractivity (Wildman–Crippen MR) is 93.5 cm³/mol. The highest BCUT2D eigenvalue weighted by molar-refractivity contribution is 9.10. The van der Waals surface area contributed by atoms with Gasteiger partial charge in [0.15, 0.2) is 0 Å². The van der Waals surface area contributed by atoms with Crippen LogP contribution in [0.4, 0.5) is 0 Å². The molecule has 0 aliphatic heterocycles. The zero-order chi connectivity index (χ0) is 14.4. The Bertz CT molecular complexity index is 530. The first-order valence-corrected chi connectivity index (χ1v) is 8.21. The molecule has 0 fully saturated rings. The van der Waals surface area contributed by atoms with Crippen LogP contribution >= 0.6 is 28.6 Å². The standard InChI is InChI=1S/C17H20BrNS/c1-19(11-15-9-5-6-10-17(15)18)12-16(13-20)14-7-3-2-4-8-14/h2-10,16,20H,11-13H2,1H3. The number of halogens is 1. The zero-order valence-electron chi connectivity index (χ0n) is 11.7. The Morgan fingerprint density at radius 1 is 1.05 bits per heavy atom. The van der Waals surface area contributed by atoms with Crippen LogP contribution in [0.1, 0.15) is 17.0 Å². The van der Waals surface area contributed by atoms with Crippen molar-refractivity contribution < 1.29 is 0 Å². The normalized spacial score (nSPS) is 12.6. The second-order valence-electron chi connectivity index (χ2n) is 5.08. The van der Waals surface area contributed by atoms with Crippen molar-refractivity contribution in [1.29, 1.82) is 0 Å². The van der Waals surface area contributed by atoms with Gasteiger partial charge in [0.2, 0.25) is 0 Å². The third kappa shape index (κ3) is 4.37. The van der Waals surface area contributed by atoms with Gasteiger partial charge in [-0.3, -0.25) is 0 Å². The lowest BCUT2D eigenvalue weighted by Gasteiger charge is -2.23. The molecule has 0 saturated heterocycles. The van der Waals surface area contributed by atoms with E-state index in [1.54, 1.807) is 0 Å². The van der Waals surface area contributed by atoms with Crippen LogP contribution in [-0.2, 0) is 6.54 Å². The van der Waals surface area contributed by atoms with Crippen molar-refractivity contribution in [2.24, 2.45) is 0 Å². The summed E-state index contributed by atoms with van der Waals surface area (Å²) in [6.07, 6.45) is 0. The SMILES string of the molecule is CN(Cc1ccccc1Br)CC(CS)c1ccccc1. The molecule has 0 aliphatic carbocycles. The Morgan fingerprint density at radius 2 is 1.70 bits per heavy atom. The van der Waals surface area contributed by atoms with Gasteiger partial charge in [-0.1, -0.05) is 64.5 Å². The lowest BCUT2D eigenvalue weighted by Crippen LogP contribution is -2.25. The first-order valence-electron chi connectivity index (χ1n) is 6.78. The molecule has 0 spiro atoms. The summed E-state index contributed by atoms with van der Waals surface area (Å²) < 4.78 is 1.17. The summed E-state index contributed by atoms with van der Waals surface area (Å²) in [5.74, 6) is 1.33. The molecule has 20 heavy (non-hydrogen) atoms. The zero-order valence-corrected chi connectivity index (χ0v) is 14.1. The van der Waals surface area contributed by atoms with Crippen LogP contribution in [0, 0.1) is 0 Å². The molecule has 0 heterocycles. The van der Waals surface area contributed by atoms with Gasteiger partial charge in [-0.15, -0.1) is 0 Å². The van der Waals surface area contributed by atoms with Gasteiger partial charge in [-0.05, 0) is 30.0 Å². The van der Waals surface area contributed by atoms with Crippen molar-refractivity contribution in [3.8, 4) is 0 Å². The maximum absolute atomic E-state index is 4.51. The molecule has 1 atom stereocenters. The number of rotatable bonds is 6. The maximum atomic E-state index is 4.51. The molecule has 0 saturated carbocycles. The fourth-order valence-corrected chi connectivity index (χ4v) is 3.09. The number of benzene rings is 2. The highest BCUT2D eigenvalue weighted by atomic mass is 79.9. The largest absolute Gasteiger partial charge is 0.301 e. The third-order valence-electron chi connectivity index (χ3n) is 3.42. The van der Waals surface area contributed by atoms with E-state index < -0.39 is 0 Å². The van der Waals surface area contributed by atoms with Crippen LogP contribution in [0.3, 0.4) is 0 Å². The number of likely N-dealkylation sites (N-methyl/N-ethyl adjacent to an activating group) is 1. The van der Waals surface area contributed by atoms with E-state index in [9.17, 15) is 0 Å². The van der Waals surface area contributed by atoms with Crippen LogP contribution in [0.2, 0.25) is 0 Å². The summed E-state index contributed by atoms with van der Waals surface area (Å²) in [4.78, 5) is 2.36. The molecule has 2 aromatic carbocycles. The average Bonchev–Trinajstić information content (AvgIpc) is 2.48. The maximum Gasteiger partial charge on any atom is 0.0242 e. The van der Waals surface area contributed by atoms with Gasteiger partial charge in [0.05, 0.1) is 0 Å². The smallest absolute Gasteiger partial charge is 0.0242 e. The summed E-state index contributed by atoms with van der Waals surface area (Å²) in [6.45, 7) is 1.95. The minimum absolute atomic E-state index is 0.465. The van der Waals surface area contributed by atoms with E-state index >= 15 is 0 Å². The summed E-state index contributed by atoms with van der Waals surface area (Å²) in [5, 5.41) is 0. The molecule has 1 unspecified atom stereocenters. The van der Waals surface area contributed by atoms with Crippen molar-refractivity contribution in [3.05, 3.63) is 70.2 Å². The third-order valence-corrected chi connectivity index (χ3v) is 4.64. The Labute approximate surface area is 135 Å². The molecular weight excluding hydrogens is 330 g/mol. The van der Waals surface area contributed by atoms with E-state index in [2.05, 4.69) is 89.0 Å². The molecule has 0 aromatic heterocycles. The molecule has 2 rings (SSSR count). The van der Waals surface area contributed by atoms with Gasteiger partial charge in [-0.25, -0.2) is 0 Å². The van der Waals surface area contributed by atoms with Gasteiger partial charge in [0.25, 0.3) is 0 Å². The van der Waals surface area contributed by atoms with E-state index in [4.69, 9.17) is 0 Å². The Kier molecular flexibility index (Phi) is 6.14. The van der Waals surface area contributed by atoms with Gasteiger partial charge in [0, 0.05) is 23.5 Å². The summed E-state index contributed by atoms with van der Waals surface area (Å²) in [7, 11) is 2.17. The van der Waals surface area contributed by atoms with Crippen LogP contribution < -0.4 is 0 Å². The molecule has 0 bridgehead atoms. The highest BCUT2D eigenvalue weighted by Crippen LogP contribution is 2.21. The van der Waals surface area contributed by atoms with Gasteiger partial charge in [-0.2, -0.15) is 12.6 Å². The second kappa shape index (κ2) is 7.87. The van der Waals surface area contributed by atoms with Gasteiger partial charge in [0.1, 0.15) is 0 Å². The molecule has 0 radical (unpaired) electrons. The summed E-state index contributed by atoms with van der Waals surface area (Å²) in [5.41, 5.74) is 2.68. The van der Waals surface area contributed by atoms with Crippen LogP contribution in [0.5, 0.6) is 0 Å². The fourth-order valence-electron chi connectivity index (χ4n) is 2.35. The van der Waals surface area contributed by atoms with Crippen LogP contribution in [0.15, 0.2) is 59.1 Å². The van der Waals surface area contributed by atoms with E-state index in [-0.39, 0.29) is 0 Å². The van der Waals surface area contributed by atoms with E-state index in [1.807, 2.05) is 6.07 Å². The summed E-state index contributed by atoms with van der Waals surface area (Å²) >= 11 is 8.12. The average molecular weight is 350 g/mol. The summed E-state index contributed by atoms with van der Waals surface area (Å²) in [6, 6.07) is 19.0. The van der Waals surface area contributed by atoms with E-state index in [1.165, 1.54) is 15.6 Å². The molecule has 0 amide bonds. The highest BCUT2D eigenvalue weighted by Gasteiger charge is 2.13. The number of nitrogens with zero attached hydrogens (tertiary/aromatic N) is 1. The van der Waals surface area contributed by atoms with Gasteiger partial charge >= 0.3 is 0 Å². The monoisotopic (exact) mass is 349 g/mol. The van der Waals surface area contributed by atoms with Crippen molar-refractivity contribution in [1.82, 2.24) is 4.90 Å². The molecule has 1 nitrogen and oxygen atoms in total. The fraction of sp³-hybridized carbons (Fsp3) is 0.294. The number of hydrogen-bond donors (Lipinski definition) is 1. The first kappa shape index (κ1) is 15.6. The molecule has 0 aliphatic rings. The van der Waals surface area contributed by atoms with Crippen LogP contribution in [0.25, 0.3) is 0 Å². The number of hydrogen-bond acceptors (Lipinski definition) is 2. The lowest BCUT2D eigenvalue weighted by molar-refractivity contribution is 0.310. The van der Waals surface area contributed by atoms with Crippen molar-refractivity contribution >= 4 is 28.6 Å². The Hall–Kier alpha value is -0.770. The van der Waals surface area contributed by atoms with E-state index in [0.717, 1.165) is 18.8 Å².